The monoisotopic (exact) mass is 389 g/mol. The maximum Gasteiger partial charge on any atom is 0.411 e. The fraction of sp³-hybridized carbons (Fsp3) is 0.529. The second-order valence-corrected chi connectivity index (χ2v) is 7.72. The van der Waals surface area contributed by atoms with Gasteiger partial charge in [0.2, 0.25) is 0 Å². The number of amides is 1. The van der Waals surface area contributed by atoms with Gasteiger partial charge in [-0.1, -0.05) is 29.3 Å². The number of rotatable bonds is 4. The van der Waals surface area contributed by atoms with Gasteiger partial charge in [-0.2, -0.15) is 0 Å². The molecule has 8 heteroatoms. The summed E-state index contributed by atoms with van der Waals surface area (Å²) in [6.45, 7) is 5.60. The van der Waals surface area contributed by atoms with Gasteiger partial charge in [-0.15, -0.1) is 0 Å². The standard InChI is InChI=1S/C17H21Cl2NO5/c1-17(2,3)25-16(23)20-8-11(7-14(20)15(21)22)24-9-10-4-5-12(18)13(19)6-10/h4-6,11,14H,7-9H2,1-3H3,(H,21,22). The fourth-order valence-electron chi connectivity index (χ4n) is 2.52. The number of benzene rings is 1. The minimum Gasteiger partial charge on any atom is -0.480 e. The summed E-state index contributed by atoms with van der Waals surface area (Å²) in [6, 6.07) is 4.18. The van der Waals surface area contributed by atoms with Gasteiger partial charge in [0.25, 0.3) is 0 Å². The Morgan fingerprint density at radius 1 is 1.28 bits per heavy atom. The number of nitrogens with zero attached hydrogens (tertiary/aromatic N) is 1. The molecule has 0 radical (unpaired) electrons. The predicted octanol–water partition coefficient (Wildman–Crippen LogP) is 3.97. The minimum absolute atomic E-state index is 0.160. The Balaban J connectivity index is 2.00. The molecule has 0 aromatic heterocycles. The molecule has 1 aromatic rings. The highest BCUT2D eigenvalue weighted by atomic mass is 35.5. The molecule has 1 N–H and O–H groups in total. The first kappa shape index (κ1) is 19.8. The van der Waals surface area contributed by atoms with Crippen LogP contribution < -0.4 is 0 Å². The average Bonchev–Trinajstić information content (AvgIpc) is 2.91. The number of carbonyl (C=O) groups is 2. The Morgan fingerprint density at radius 2 is 1.96 bits per heavy atom. The second kappa shape index (κ2) is 7.81. The van der Waals surface area contributed by atoms with Crippen LogP contribution in [0.25, 0.3) is 0 Å². The van der Waals surface area contributed by atoms with Crippen LogP contribution in [-0.4, -0.2) is 46.4 Å². The van der Waals surface area contributed by atoms with Crippen LogP contribution in [0.3, 0.4) is 0 Å². The first-order valence-electron chi connectivity index (χ1n) is 7.85. The van der Waals surface area contributed by atoms with Crippen molar-refractivity contribution in [3.63, 3.8) is 0 Å². The van der Waals surface area contributed by atoms with Crippen molar-refractivity contribution in [1.29, 1.82) is 0 Å². The molecule has 1 saturated heterocycles. The summed E-state index contributed by atoms with van der Waals surface area (Å²) in [7, 11) is 0. The van der Waals surface area contributed by atoms with Gasteiger partial charge in [-0.3, -0.25) is 4.90 Å². The summed E-state index contributed by atoms with van der Waals surface area (Å²) in [4.78, 5) is 24.9. The SMILES string of the molecule is CC(C)(C)OC(=O)N1CC(OCc2ccc(Cl)c(Cl)c2)CC1C(=O)O. The molecule has 1 heterocycles. The zero-order chi connectivity index (χ0) is 18.8. The predicted molar refractivity (Wildman–Crippen MR) is 94.0 cm³/mol. The molecule has 1 amide bonds. The molecule has 0 spiro atoms. The zero-order valence-electron chi connectivity index (χ0n) is 14.3. The third-order valence-electron chi connectivity index (χ3n) is 3.65. The van der Waals surface area contributed by atoms with Gasteiger partial charge < -0.3 is 14.6 Å². The lowest BCUT2D eigenvalue weighted by molar-refractivity contribution is -0.142. The zero-order valence-corrected chi connectivity index (χ0v) is 15.8. The van der Waals surface area contributed by atoms with Crippen molar-refractivity contribution in [1.82, 2.24) is 4.90 Å². The highest BCUT2D eigenvalue weighted by Gasteiger charge is 2.42. The Hall–Kier alpha value is -1.50. The van der Waals surface area contributed by atoms with Crippen LogP contribution in [0.2, 0.25) is 10.0 Å². The summed E-state index contributed by atoms with van der Waals surface area (Å²) in [5, 5.41) is 10.2. The van der Waals surface area contributed by atoms with E-state index in [9.17, 15) is 14.7 Å². The topological polar surface area (TPSA) is 76.1 Å². The van der Waals surface area contributed by atoms with Crippen molar-refractivity contribution in [2.75, 3.05) is 6.54 Å². The molecule has 1 aliphatic heterocycles. The molecule has 2 atom stereocenters. The van der Waals surface area contributed by atoms with Gasteiger partial charge in [-0.25, -0.2) is 9.59 Å². The van der Waals surface area contributed by atoms with Gasteiger partial charge in [0.15, 0.2) is 0 Å². The molecule has 2 unspecified atom stereocenters. The molecule has 0 bridgehead atoms. The maximum atomic E-state index is 12.2. The third kappa shape index (κ3) is 5.49. The van der Waals surface area contributed by atoms with Crippen molar-refractivity contribution in [3.8, 4) is 0 Å². The Kier molecular flexibility index (Phi) is 6.19. The van der Waals surface area contributed by atoms with Crippen molar-refractivity contribution < 1.29 is 24.2 Å². The van der Waals surface area contributed by atoms with Crippen molar-refractivity contribution in [2.45, 2.75) is 51.5 Å². The van der Waals surface area contributed by atoms with Crippen molar-refractivity contribution in [2.24, 2.45) is 0 Å². The fourth-order valence-corrected chi connectivity index (χ4v) is 2.84. The average molecular weight is 390 g/mol. The van der Waals surface area contributed by atoms with Gasteiger partial charge in [0, 0.05) is 6.42 Å². The Morgan fingerprint density at radius 3 is 2.52 bits per heavy atom. The lowest BCUT2D eigenvalue weighted by Crippen LogP contribution is -2.43. The summed E-state index contributed by atoms with van der Waals surface area (Å²) in [5.74, 6) is -1.08. The third-order valence-corrected chi connectivity index (χ3v) is 4.38. The van der Waals surface area contributed by atoms with Gasteiger partial charge in [0.1, 0.15) is 11.6 Å². The van der Waals surface area contributed by atoms with E-state index in [1.807, 2.05) is 0 Å². The van der Waals surface area contributed by atoms with Crippen LogP contribution in [0.15, 0.2) is 18.2 Å². The minimum atomic E-state index is -1.08. The summed E-state index contributed by atoms with van der Waals surface area (Å²) >= 11 is 11.8. The number of likely N-dealkylation sites (tertiary alicyclic amines) is 1. The highest BCUT2D eigenvalue weighted by molar-refractivity contribution is 6.42. The molecule has 138 valence electrons. The number of carboxylic acids is 1. The first-order valence-corrected chi connectivity index (χ1v) is 8.60. The van der Waals surface area contributed by atoms with Crippen LogP contribution in [-0.2, 0) is 20.9 Å². The number of hydrogen-bond acceptors (Lipinski definition) is 4. The van der Waals surface area contributed by atoms with Crippen LogP contribution >= 0.6 is 23.2 Å². The number of hydrogen-bond donors (Lipinski definition) is 1. The molecule has 1 fully saturated rings. The van der Waals surface area contributed by atoms with E-state index in [-0.39, 0.29) is 19.6 Å². The lowest BCUT2D eigenvalue weighted by Gasteiger charge is -2.26. The lowest BCUT2D eigenvalue weighted by atomic mass is 10.2. The summed E-state index contributed by atoms with van der Waals surface area (Å²) in [5.41, 5.74) is 0.121. The quantitative estimate of drug-likeness (QED) is 0.842. The molecule has 25 heavy (non-hydrogen) atoms. The van der Waals surface area contributed by atoms with E-state index in [2.05, 4.69) is 0 Å². The molecule has 1 aliphatic rings. The molecule has 0 saturated carbocycles. The van der Waals surface area contributed by atoms with Crippen LogP contribution in [0, 0.1) is 0 Å². The second-order valence-electron chi connectivity index (χ2n) is 6.90. The molecular weight excluding hydrogens is 369 g/mol. The normalized spacial score (nSPS) is 20.6. The molecule has 6 nitrogen and oxygen atoms in total. The summed E-state index contributed by atoms with van der Waals surface area (Å²) < 4.78 is 11.0. The van der Waals surface area contributed by atoms with Crippen molar-refractivity contribution >= 4 is 35.3 Å². The van der Waals surface area contributed by atoms with Gasteiger partial charge >= 0.3 is 12.1 Å². The molecule has 1 aromatic carbocycles. The Bertz CT molecular complexity index is 659. The highest BCUT2D eigenvalue weighted by Crippen LogP contribution is 2.26. The molecule has 0 aliphatic carbocycles. The smallest absolute Gasteiger partial charge is 0.411 e. The van der Waals surface area contributed by atoms with E-state index in [4.69, 9.17) is 32.7 Å². The molecule has 2 rings (SSSR count). The van der Waals surface area contributed by atoms with E-state index in [0.717, 1.165) is 5.56 Å². The van der Waals surface area contributed by atoms with E-state index < -0.39 is 29.8 Å². The van der Waals surface area contributed by atoms with Crippen LogP contribution in [0.1, 0.15) is 32.8 Å². The van der Waals surface area contributed by atoms with Crippen LogP contribution in [0.4, 0.5) is 4.79 Å². The maximum absolute atomic E-state index is 12.2. The number of carboxylic acid groups (broad SMARTS) is 1. The van der Waals surface area contributed by atoms with E-state index in [0.29, 0.717) is 10.0 Å². The van der Waals surface area contributed by atoms with E-state index in [1.165, 1.54) is 4.90 Å². The van der Waals surface area contributed by atoms with Crippen molar-refractivity contribution in [3.05, 3.63) is 33.8 Å². The number of halogens is 2. The largest absolute Gasteiger partial charge is 0.480 e. The van der Waals surface area contributed by atoms with E-state index >= 15 is 0 Å². The molecular formula is C17H21Cl2NO5. The van der Waals surface area contributed by atoms with Gasteiger partial charge in [0.05, 0.1) is 29.3 Å². The van der Waals surface area contributed by atoms with Gasteiger partial charge in [-0.05, 0) is 38.5 Å². The first-order chi connectivity index (χ1) is 11.6. The summed E-state index contributed by atoms with van der Waals surface area (Å²) in [6.07, 6.45) is -0.848. The van der Waals surface area contributed by atoms with Crippen LogP contribution in [0.5, 0.6) is 0 Å². The number of aliphatic carboxylic acids is 1. The number of carbonyl (C=O) groups excluding carboxylic acids is 1. The Labute approximate surface area is 156 Å². The number of ether oxygens (including phenoxy) is 2. The van der Waals surface area contributed by atoms with E-state index in [1.54, 1.807) is 39.0 Å².